The molecule has 1 atom stereocenters. The van der Waals surface area contributed by atoms with Crippen molar-refractivity contribution in [3.05, 3.63) is 48.3 Å². The second-order valence-corrected chi connectivity index (χ2v) is 9.49. The molecule has 1 aliphatic rings. The highest BCUT2D eigenvalue weighted by Crippen LogP contribution is 2.30. The fourth-order valence-electron chi connectivity index (χ4n) is 3.31. The first-order chi connectivity index (χ1) is 13.9. The van der Waals surface area contributed by atoms with Crippen molar-refractivity contribution in [1.29, 1.82) is 0 Å². The summed E-state index contributed by atoms with van der Waals surface area (Å²) in [7, 11) is -2.33. The van der Waals surface area contributed by atoms with Crippen LogP contribution < -0.4 is 10.1 Å². The van der Waals surface area contributed by atoms with E-state index in [0.717, 1.165) is 11.3 Å². The van der Waals surface area contributed by atoms with Gasteiger partial charge in [-0.2, -0.15) is 4.31 Å². The minimum Gasteiger partial charge on any atom is -0.497 e. The minimum absolute atomic E-state index is 0.105. The van der Waals surface area contributed by atoms with Gasteiger partial charge in [0.2, 0.25) is 15.9 Å². The summed E-state index contributed by atoms with van der Waals surface area (Å²) in [5.74, 6) is -0.280. The SMILES string of the molecule is COc1ccc(S(=O)(=O)N2CCCC2C(=O)Nc2nc3ccc(F)cc3s2)cc1. The molecule has 1 saturated heterocycles. The maximum Gasteiger partial charge on any atom is 0.244 e. The topological polar surface area (TPSA) is 88.6 Å². The third-order valence-corrected chi connectivity index (χ3v) is 7.61. The van der Waals surface area contributed by atoms with Crippen LogP contribution in [-0.2, 0) is 14.8 Å². The van der Waals surface area contributed by atoms with E-state index in [1.54, 1.807) is 12.1 Å². The molecule has 1 amide bonds. The van der Waals surface area contributed by atoms with Gasteiger partial charge in [0.1, 0.15) is 17.6 Å². The fraction of sp³-hybridized carbons (Fsp3) is 0.263. The Morgan fingerprint density at radius 1 is 1.28 bits per heavy atom. The Labute approximate surface area is 171 Å². The molecule has 1 aliphatic heterocycles. The monoisotopic (exact) mass is 435 g/mol. The van der Waals surface area contributed by atoms with Gasteiger partial charge in [-0.15, -0.1) is 0 Å². The van der Waals surface area contributed by atoms with Crippen LogP contribution in [0.5, 0.6) is 5.75 Å². The predicted molar refractivity (Wildman–Crippen MR) is 108 cm³/mol. The zero-order valence-electron chi connectivity index (χ0n) is 15.5. The number of sulfonamides is 1. The van der Waals surface area contributed by atoms with Crippen molar-refractivity contribution in [2.75, 3.05) is 19.0 Å². The third kappa shape index (κ3) is 3.83. The molecule has 0 saturated carbocycles. The summed E-state index contributed by atoms with van der Waals surface area (Å²) in [5.41, 5.74) is 0.570. The molecule has 0 radical (unpaired) electrons. The van der Waals surface area contributed by atoms with Gasteiger partial charge >= 0.3 is 0 Å². The summed E-state index contributed by atoms with van der Waals surface area (Å²) in [4.78, 5) is 17.2. The molecule has 29 heavy (non-hydrogen) atoms. The van der Waals surface area contributed by atoms with Crippen LogP contribution in [-0.4, -0.2) is 43.3 Å². The van der Waals surface area contributed by atoms with Gasteiger partial charge in [0.15, 0.2) is 5.13 Å². The quantitative estimate of drug-likeness (QED) is 0.665. The Kier molecular flexibility index (Phi) is 5.24. The molecule has 1 N–H and O–H groups in total. The summed E-state index contributed by atoms with van der Waals surface area (Å²) in [5, 5.41) is 2.99. The van der Waals surface area contributed by atoms with Gasteiger partial charge in [0, 0.05) is 6.54 Å². The molecule has 4 rings (SSSR count). The van der Waals surface area contributed by atoms with E-state index >= 15 is 0 Å². The standard InChI is InChI=1S/C19H18FN3O4S2/c1-27-13-5-7-14(8-6-13)29(25,26)23-10-2-3-16(23)18(24)22-19-21-15-9-4-12(20)11-17(15)28-19/h4-9,11,16H,2-3,10H2,1H3,(H,21,22,24). The first kappa shape index (κ1) is 19.7. The number of nitrogens with zero attached hydrogens (tertiary/aromatic N) is 2. The van der Waals surface area contributed by atoms with E-state index in [9.17, 15) is 17.6 Å². The molecular weight excluding hydrogens is 417 g/mol. The number of ether oxygens (including phenoxy) is 1. The molecule has 2 heterocycles. The van der Waals surface area contributed by atoms with Crippen LogP contribution in [0.2, 0.25) is 0 Å². The average Bonchev–Trinajstić information content (AvgIpc) is 3.34. The van der Waals surface area contributed by atoms with Crippen LogP contribution in [0.25, 0.3) is 10.2 Å². The second-order valence-electron chi connectivity index (χ2n) is 6.57. The van der Waals surface area contributed by atoms with Crippen LogP contribution >= 0.6 is 11.3 Å². The molecule has 10 heteroatoms. The van der Waals surface area contributed by atoms with E-state index in [4.69, 9.17) is 4.74 Å². The Bertz CT molecular complexity index is 1160. The van der Waals surface area contributed by atoms with E-state index in [0.29, 0.717) is 33.9 Å². The lowest BCUT2D eigenvalue weighted by atomic mass is 10.2. The van der Waals surface area contributed by atoms with E-state index in [-0.39, 0.29) is 17.3 Å². The molecule has 0 spiro atoms. The Morgan fingerprint density at radius 3 is 2.76 bits per heavy atom. The number of nitrogens with one attached hydrogen (secondary N) is 1. The number of thiazole rings is 1. The number of rotatable bonds is 5. The summed E-state index contributed by atoms with van der Waals surface area (Å²) < 4.78 is 46.3. The average molecular weight is 436 g/mol. The molecule has 0 bridgehead atoms. The lowest BCUT2D eigenvalue weighted by molar-refractivity contribution is -0.119. The number of aromatic nitrogens is 1. The summed E-state index contributed by atoms with van der Waals surface area (Å²) >= 11 is 1.14. The highest BCUT2D eigenvalue weighted by atomic mass is 32.2. The summed E-state index contributed by atoms with van der Waals surface area (Å²) in [6, 6.07) is 9.41. The van der Waals surface area contributed by atoms with Crippen molar-refractivity contribution in [3.8, 4) is 5.75 Å². The van der Waals surface area contributed by atoms with Crippen LogP contribution in [0, 0.1) is 5.82 Å². The van der Waals surface area contributed by atoms with Crippen molar-refractivity contribution in [2.24, 2.45) is 0 Å². The third-order valence-electron chi connectivity index (χ3n) is 4.75. The number of hydrogen-bond acceptors (Lipinski definition) is 6. The van der Waals surface area contributed by atoms with Crippen molar-refractivity contribution < 1.29 is 22.3 Å². The first-order valence-corrected chi connectivity index (χ1v) is 11.2. The number of anilines is 1. The predicted octanol–water partition coefficient (Wildman–Crippen LogP) is 3.24. The second kappa shape index (κ2) is 7.69. The zero-order valence-corrected chi connectivity index (χ0v) is 17.1. The van der Waals surface area contributed by atoms with Crippen molar-refractivity contribution >= 4 is 42.6 Å². The number of benzene rings is 2. The molecule has 152 valence electrons. The Morgan fingerprint density at radius 2 is 2.03 bits per heavy atom. The molecule has 3 aromatic rings. The van der Waals surface area contributed by atoms with Crippen molar-refractivity contribution in [2.45, 2.75) is 23.8 Å². The Balaban J connectivity index is 1.55. The number of methoxy groups -OCH3 is 1. The van der Waals surface area contributed by atoms with Gasteiger partial charge in [-0.05, 0) is 55.3 Å². The zero-order chi connectivity index (χ0) is 20.6. The van der Waals surface area contributed by atoms with E-state index < -0.39 is 22.0 Å². The summed E-state index contributed by atoms with van der Waals surface area (Å²) in [6.45, 7) is 0.261. The highest BCUT2D eigenvalue weighted by Gasteiger charge is 2.39. The van der Waals surface area contributed by atoms with Gasteiger partial charge in [-0.3, -0.25) is 4.79 Å². The molecule has 1 aromatic heterocycles. The minimum atomic E-state index is -3.83. The van der Waals surface area contributed by atoms with Crippen LogP contribution in [0.4, 0.5) is 9.52 Å². The van der Waals surface area contributed by atoms with Crippen LogP contribution in [0.15, 0.2) is 47.4 Å². The van der Waals surface area contributed by atoms with E-state index in [1.165, 1.54) is 41.7 Å². The normalized spacial score (nSPS) is 17.5. The van der Waals surface area contributed by atoms with E-state index in [2.05, 4.69) is 10.3 Å². The lowest BCUT2D eigenvalue weighted by Gasteiger charge is -2.23. The number of carbonyl (C=O) groups is 1. The number of halogens is 1. The molecule has 1 fully saturated rings. The molecule has 1 unspecified atom stereocenters. The Hall–Kier alpha value is -2.56. The molecule has 2 aromatic carbocycles. The highest BCUT2D eigenvalue weighted by molar-refractivity contribution is 7.89. The summed E-state index contributed by atoms with van der Waals surface area (Å²) in [6.07, 6.45) is 0.999. The molecular formula is C19H18FN3O4S2. The largest absolute Gasteiger partial charge is 0.497 e. The van der Waals surface area contributed by atoms with Gasteiger partial charge in [-0.25, -0.2) is 17.8 Å². The number of carbonyl (C=O) groups excluding carboxylic acids is 1. The van der Waals surface area contributed by atoms with Crippen LogP contribution in [0.1, 0.15) is 12.8 Å². The van der Waals surface area contributed by atoms with E-state index in [1.807, 2.05) is 0 Å². The lowest BCUT2D eigenvalue weighted by Crippen LogP contribution is -2.43. The number of fused-ring (bicyclic) bond motifs is 1. The maximum atomic E-state index is 13.4. The molecule has 0 aliphatic carbocycles. The maximum absolute atomic E-state index is 13.4. The van der Waals surface area contributed by atoms with Gasteiger partial charge in [-0.1, -0.05) is 11.3 Å². The van der Waals surface area contributed by atoms with Crippen molar-refractivity contribution in [3.63, 3.8) is 0 Å². The first-order valence-electron chi connectivity index (χ1n) is 8.91. The van der Waals surface area contributed by atoms with Gasteiger partial charge < -0.3 is 10.1 Å². The smallest absolute Gasteiger partial charge is 0.244 e. The fourth-order valence-corrected chi connectivity index (χ4v) is 5.86. The van der Waals surface area contributed by atoms with Gasteiger partial charge in [0.05, 0.1) is 22.2 Å². The van der Waals surface area contributed by atoms with Crippen molar-refractivity contribution in [1.82, 2.24) is 9.29 Å². The molecule has 7 nitrogen and oxygen atoms in total. The van der Waals surface area contributed by atoms with Gasteiger partial charge in [0.25, 0.3) is 0 Å². The number of hydrogen-bond donors (Lipinski definition) is 1. The van der Waals surface area contributed by atoms with Crippen LogP contribution in [0.3, 0.4) is 0 Å². The number of amides is 1.